The number of benzene rings is 3. The molecular weight excluding hydrogens is 364 g/mol. The van der Waals surface area contributed by atoms with Gasteiger partial charge in [0.25, 0.3) is 0 Å². The predicted octanol–water partition coefficient (Wildman–Crippen LogP) is 4.72. The lowest BCUT2D eigenvalue weighted by Crippen LogP contribution is -2.10. The maximum Gasteiger partial charge on any atom is 0.336 e. The highest BCUT2D eigenvalue weighted by Gasteiger charge is 2.16. The molecule has 0 aliphatic heterocycles. The molecule has 4 heteroatoms. The van der Waals surface area contributed by atoms with E-state index in [0.717, 1.165) is 41.0 Å². The Kier molecular flexibility index (Phi) is 4.39. The van der Waals surface area contributed by atoms with E-state index in [-0.39, 0.29) is 19.0 Å². The third kappa shape index (κ3) is 3.42. The van der Waals surface area contributed by atoms with Gasteiger partial charge in [-0.3, -0.25) is 4.79 Å². The molecule has 1 aliphatic rings. The lowest BCUT2D eigenvalue weighted by molar-refractivity contribution is -0.144. The van der Waals surface area contributed by atoms with Gasteiger partial charge in [-0.2, -0.15) is 0 Å². The zero-order valence-corrected chi connectivity index (χ0v) is 15.9. The second-order valence-corrected chi connectivity index (χ2v) is 7.54. The Hall–Kier alpha value is -3.40. The minimum atomic E-state index is -0.421. The number of rotatable bonds is 4. The van der Waals surface area contributed by atoms with E-state index in [1.165, 1.54) is 17.2 Å². The van der Waals surface area contributed by atoms with Crippen LogP contribution >= 0.6 is 0 Å². The van der Waals surface area contributed by atoms with Crippen molar-refractivity contribution < 1.29 is 13.9 Å². The third-order valence-electron chi connectivity index (χ3n) is 5.65. The van der Waals surface area contributed by atoms with Crippen molar-refractivity contribution in [3.63, 3.8) is 0 Å². The van der Waals surface area contributed by atoms with Gasteiger partial charge in [-0.05, 0) is 58.9 Å². The monoisotopic (exact) mass is 384 g/mol. The van der Waals surface area contributed by atoms with Crippen LogP contribution in [-0.2, 0) is 35.4 Å². The number of carbonyl (C=O) groups is 1. The van der Waals surface area contributed by atoms with Gasteiger partial charge in [0.15, 0.2) is 0 Å². The summed E-state index contributed by atoms with van der Waals surface area (Å²) in [6.45, 7) is 0.0600. The molecule has 0 saturated heterocycles. The van der Waals surface area contributed by atoms with Gasteiger partial charge < -0.3 is 9.15 Å². The number of hydrogen-bond donors (Lipinski definition) is 0. The number of carbonyl (C=O) groups excluding carboxylic acids is 1. The van der Waals surface area contributed by atoms with Crippen molar-refractivity contribution in [2.24, 2.45) is 0 Å². The summed E-state index contributed by atoms with van der Waals surface area (Å²) in [4.78, 5) is 24.5. The molecule has 0 fully saturated rings. The van der Waals surface area contributed by atoms with E-state index in [0.29, 0.717) is 11.1 Å². The Bertz CT molecular complexity index is 1290. The Balaban J connectivity index is 1.39. The molecule has 0 N–H and O–H groups in total. The molecule has 144 valence electrons. The summed E-state index contributed by atoms with van der Waals surface area (Å²) < 4.78 is 10.9. The minimum Gasteiger partial charge on any atom is -0.461 e. The van der Waals surface area contributed by atoms with Gasteiger partial charge in [0.05, 0.1) is 6.42 Å². The van der Waals surface area contributed by atoms with Crippen molar-refractivity contribution >= 4 is 27.7 Å². The van der Waals surface area contributed by atoms with Crippen molar-refractivity contribution in [2.45, 2.75) is 32.3 Å². The molecule has 5 rings (SSSR count). The van der Waals surface area contributed by atoms with Gasteiger partial charge >= 0.3 is 11.6 Å². The molecule has 3 aromatic carbocycles. The van der Waals surface area contributed by atoms with Crippen molar-refractivity contribution in [2.75, 3.05) is 0 Å². The summed E-state index contributed by atoms with van der Waals surface area (Å²) in [7, 11) is 0. The molecule has 0 spiro atoms. The number of ether oxygens (including phenoxy) is 1. The van der Waals surface area contributed by atoms with E-state index in [1.54, 1.807) is 0 Å². The van der Waals surface area contributed by atoms with Crippen molar-refractivity contribution in [1.29, 1.82) is 0 Å². The van der Waals surface area contributed by atoms with Gasteiger partial charge in [-0.15, -0.1) is 0 Å². The topological polar surface area (TPSA) is 56.5 Å². The van der Waals surface area contributed by atoms with Crippen LogP contribution < -0.4 is 5.63 Å². The Morgan fingerprint density at radius 2 is 1.69 bits per heavy atom. The maximum atomic E-state index is 12.5. The second-order valence-electron chi connectivity index (χ2n) is 7.54. The SMILES string of the molecule is O=C(Cc1cccc2ccccc12)OCc1cc(=O)oc2cc3c(cc12)CCC3. The molecule has 1 heterocycles. The fourth-order valence-electron chi connectivity index (χ4n) is 4.23. The quantitative estimate of drug-likeness (QED) is 0.377. The van der Waals surface area contributed by atoms with Crippen LogP contribution in [0, 0.1) is 0 Å². The van der Waals surface area contributed by atoms with Crippen LogP contribution in [0.15, 0.2) is 69.9 Å². The van der Waals surface area contributed by atoms with E-state index in [1.807, 2.05) is 48.5 Å². The second kappa shape index (κ2) is 7.21. The number of fused-ring (bicyclic) bond motifs is 3. The van der Waals surface area contributed by atoms with Crippen molar-refractivity contribution in [3.05, 3.63) is 93.3 Å². The molecule has 0 saturated carbocycles. The van der Waals surface area contributed by atoms with Crippen molar-refractivity contribution in [3.8, 4) is 0 Å². The summed E-state index contributed by atoms with van der Waals surface area (Å²) in [6.07, 6.45) is 3.35. The van der Waals surface area contributed by atoms with E-state index >= 15 is 0 Å². The van der Waals surface area contributed by atoms with Crippen LogP contribution in [0.1, 0.15) is 28.7 Å². The van der Waals surface area contributed by atoms with E-state index in [2.05, 4.69) is 6.07 Å². The maximum absolute atomic E-state index is 12.5. The van der Waals surface area contributed by atoms with Gasteiger partial charge in [-0.1, -0.05) is 42.5 Å². The summed E-state index contributed by atoms with van der Waals surface area (Å²) in [6, 6.07) is 19.4. The molecular formula is C25H20O4. The average molecular weight is 384 g/mol. The molecule has 1 aromatic heterocycles. The van der Waals surface area contributed by atoms with E-state index in [9.17, 15) is 9.59 Å². The first kappa shape index (κ1) is 17.7. The lowest BCUT2D eigenvalue weighted by Gasteiger charge is -2.10. The number of esters is 1. The molecule has 0 unspecified atom stereocenters. The highest BCUT2D eigenvalue weighted by atomic mass is 16.5. The van der Waals surface area contributed by atoms with Crippen LogP contribution in [0.3, 0.4) is 0 Å². The molecule has 4 nitrogen and oxygen atoms in total. The van der Waals surface area contributed by atoms with Crippen molar-refractivity contribution in [1.82, 2.24) is 0 Å². The normalized spacial score (nSPS) is 13.0. The van der Waals surface area contributed by atoms with Crippen LogP contribution in [0.4, 0.5) is 0 Å². The largest absolute Gasteiger partial charge is 0.461 e. The van der Waals surface area contributed by atoms with Gasteiger partial charge in [-0.25, -0.2) is 4.79 Å². The minimum absolute atomic E-state index is 0.0600. The van der Waals surface area contributed by atoms with Crippen LogP contribution in [-0.4, -0.2) is 5.97 Å². The van der Waals surface area contributed by atoms with E-state index < -0.39 is 5.63 Å². The Labute approximate surface area is 167 Å². The van der Waals surface area contributed by atoms with Gasteiger partial charge in [0.1, 0.15) is 12.2 Å². The first-order valence-corrected chi connectivity index (χ1v) is 9.88. The van der Waals surface area contributed by atoms with Crippen LogP contribution in [0.2, 0.25) is 0 Å². The third-order valence-corrected chi connectivity index (χ3v) is 5.65. The fourth-order valence-corrected chi connectivity index (χ4v) is 4.23. The number of hydrogen-bond acceptors (Lipinski definition) is 4. The first-order chi connectivity index (χ1) is 14.2. The lowest BCUT2D eigenvalue weighted by atomic mass is 10.0. The highest BCUT2D eigenvalue weighted by molar-refractivity contribution is 5.89. The predicted molar refractivity (Wildman–Crippen MR) is 112 cm³/mol. The molecule has 0 bridgehead atoms. The molecule has 4 aromatic rings. The average Bonchev–Trinajstić information content (AvgIpc) is 3.18. The highest BCUT2D eigenvalue weighted by Crippen LogP contribution is 2.29. The first-order valence-electron chi connectivity index (χ1n) is 9.88. The zero-order valence-electron chi connectivity index (χ0n) is 15.9. The smallest absolute Gasteiger partial charge is 0.336 e. The molecule has 1 aliphatic carbocycles. The number of aryl methyl sites for hydroxylation is 2. The fraction of sp³-hybridized carbons (Fsp3) is 0.200. The molecule has 0 atom stereocenters. The van der Waals surface area contributed by atoms with Gasteiger partial charge in [0.2, 0.25) is 0 Å². The molecule has 29 heavy (non-hydrogen) atoms. The molecule has 0 radical (unpaired) electrons. The summed E-state index contributed by atoms with van der Waals surface area (Å²) in [5, 5.41) is 3.00. The zero-order chi connectivity index (χ0) is 19.8. The summed E-state index contributed by atoms with van der Waals surface area (Å²) in [5.74, 6) is -0.316. The molecule has 0 amide bonds. The summed E-state index contributed by atoms with van der Waals surface area (Å²) in [5.41, 5.74) is 4.30. The summed E-state index contributed by atoms with van der Waals surface area (Å²) >= 11 is 0. The standard InChI is InChI=1S/C25H20O4/c26-24(13-19-9-3-6-16-5-1-2-10-21(16)19)28-15-20-14-25(27)29-23-12-18-8-4-7-17(18)11-22(20)23/h1-3,5-6,9-12,14H,4,7-8,13,15H2. The van der Waals surface area contributed by atoms with Gasteiger partial charge in [0, 0.05) is 17.0 Å². The Morgan fingerprint density at radius 1 is 0.897 bits per heavy atom. The Morgan fingerprint density at radius 3 is 2.59 bits per heavy atom. The van der Waals surface area contributed by atoms with Crippen LogP contribution in [0.25, 0.3) is 21.7 Å². The van der Waals surface area contributed by atoms with E-state index in [4.69, 9.17) is 9.15 Å². The van der Waals surface area contributed by atoms with Crippen LogP contribution in [0.5, 0.6) is 0 Å².